The molecule has 0 N–H and O–H groups in total. The van der Waals surface area contributed by atoms with Gasteiger partial charge in [0, 0.05) is 20.2 Å². The van der Waals surface area contributed by atoms with E-state index >= 15 is 0 Å². The van der Waals surface area contributed by atoms with Crippen LogP contribution in [0.4, 0.5) is 0 Å². The van der Waals surface area contributed by atoms with Gasteiger partial charge in [0.25, 0.3) is 0 Å². The summed E-state index contributed by atoms with van der Waals surface area (Å²) in [6.07, 6.45) is 5.27. The van der Waals surface area contributed by atoms with E-state index in [9.17, 15) is 0 Å². The lowest BCUT2D eigenvalue weighted by molar-refractivity contribution is 0.00858. The first-order chi connectivity index (χ1) is 13.7. The van der Waals surface area contributed by atoms with Crippen molar-refractivity contribution in [3.05, 3.63) is 114 Å². The molecule has 3 heteroatoms. The smallest absolute Gasteiger partial charge is 0.119 e. The molecule has 3 aromatic carbocycles. The molecule has 0 bridgehead atoms. The molecule has 3 rings (SSSR count). The molecule has 0 amide bonds. The number of ether oxygens (including phenoxy) is 1. The molecular formula is C26H30ClNO. The highest BCUT2D eigenvalue weighted by molar-refractivity contribution is 5.85. The standard InChI is InChI=1S/C26H29NO.ClH/c1-27(21-12-15-23-13-6-3-7-14-23)22-20-26(28-2,24-16-8-4-9-17-24)25-18-10-5-11-19-25;/h3-19H,20-22H2,1-2H3;1H. The second kappa shape index (κ2) is 11.6. The maximum absolute atomic E-state index is 6.19. The molecule has 0 aliphatic heterocycles. The second-order valence-electron chi connectivity index (χ2n) is 7.09. The van der Waals surface area contributed by atoms with Crippen molar-refractivity contribution in [3.8, 4) is 0 Å². The van der Waals surface area contributed by atoms with Crippen molar-refractivity contribution in [1.29, 1.82) is 0 Å². The van der Waals surface area contributed by atoms with E-state index in [1.54, 1.807) is 0 Å². The van der Waals surface area contributed by atoms with Crippen molar-refractivity contribution in [2.45, 2.75) is 12.0 Å². The number of nitrogens with zero attached hydrogens (tertiary/aromatic N) is 1. The molecule has 0 spiro atoms. The van der Waals surface area contributed by atoms with Crippen LogP contribution in [-0.2, 0) is 10.3 Å². The van der Waals surface area contributed by atoms with Crippen LogP contribution in [0.5, 0.6) is 0 Å². The van der Waals surface area contributed by atoms with Gasteiger partial charge in [0.05, 0.1) is 0 Å². The molecule has 0 unspecified atom stereocenters. The Morgan fingerprint density at radius 1 is 0.793 bits per heavy atom. The summed E-state index contributed by atoms with van der Waals surface area (Å²) in [5.41, 5.74) is 3.17. The van der Waals surface area contributed by atoms with Gasteiger partial charge in [-0.25, -0.2) is 0 Å². The second-order valence-corrected chi connectivity index (χ2v) is 7.09. The number of hydrogen-bond acceptors (Lipinski definition) is 2. The Morgan fingerprint density at radius 2 is 1.28 bits per heavy atom. The minimum absolute atomic E-state index is 0. The Balaban J connectivity index is 0.00000300. The van der Waals surface area contributed by atoms with Gasteiger partial charge in [-0.3, -0.25) is 0 Å². The van der Waals surface area contributed by atoms with Crippen LogP contribution >= 0.6 is 12.4 Å². The largest absolute Gasteiger partial charge is 0.369 e. The van der Waals surface area contributed by atoms with Crippen molar-refractivity contribution >= 4 is 18.5 Å². The van der Waals surface area contributed by atoms with Crippen molar-refractivity contribution in [3.63, 3.8) is 0 Å². The van der Waals surface area contributed by atoms with E-state index in [-0.39, 0.29) is 12.4 Å². The fourth-order valence-electron chi connectivity index (χ4n) is 3.58. The van der Waals surface area contributed by atoms with Crippen LogP contribution in [-0.4, -0.2) is 32.1 Å². The number of halogens is 1. The van der Waals surface area contributed by atoms with Crippen LogP contribution in [0.3, 0.4) is 0 Å². The van der Waals surface area contributed by atoms with Crippen LogP contribution < -0.4 is 0 Å². The van der Waals surface area contributed by atoms with Crippen molar-refractivity contribution in [1.82, 2.24) is 4.90 Å². The highest BCUT2D eigenvalue weighted by Gasteiger charge is 2.34. The topological polar surface area (TPSA) is 12.5 Å². The first-order valence-electron chi connectivity index (χ1n) is 9.81. The third kappa shape index (κ3) is 6.04. The molecule has 0 aromatic heterocycles. The Hall–Kier alpha value is -2.39. The lowest BCUT2D eigenvalue weighted by Crippen LogP contribution is -2.35. The summed E-state index contributed by atoms with van der Waals surface area (Å²) in [6, 6.07) is 31.5. The summed E-state index contributed by atoms with van der Waals surface area (Å²) in [5, 5.41) is 0. The van der Waals surface area contributed by atoms with Crippen LogP contribution in [0.15, 0.2) is 97.1 Å². The van der Waals surface area contributed by atoms with E-state index < -0.39 is 5.60 Å². The molecule has 3 aromatic rings. The highest BCUT2D eigenvalue weighted by atomic mass is 35.5. The summed E-state index contributed by atoms with van der Waals surface area (Å²) in [4.78, 5) is 2.33. The van der Waals surface area contributed by atoms with Gasteiger partial charge in [-0.2, -0.15) is 0 Å². The number of rotatable bonds is 9. The average Bonchev–Trinajstić information content (AvgIpc) is 2.77. The van der Waals surface area contributed by atoms with Gasteiger partial charge in [-0.05, 0) is 30.2 Å². The maximum atomic E-state index is 6.19. The minimum Gasteiger partial charge on any atom is -0.369 e. The molecule has 0 saturated heterocycles. The van der Waals surface area contributed by atoms with Crippen LogP contribution in [0.1, 0.15) is 23.1 Å². The third-order valence-corrected chi connectivity index (χ3v) is 5.20. The summed E-state index contributed by atoms with van der Waals surface area (Å²) in [7, 11) is 3.97. The number of benzene rings is 3. The molecule has 2 nitrogen and oxygen atoms in total. The number of likely N-dealkylation sites (N-methyl/N-ethyl adjacent to an activating group) is 1. The summed E-state index contributed by atoms with van der Waals surface area (Å²) < 4.78 is 6.19. The number of hydrogen-bond donors (Lipinski definition) is 0. The van der Waals surface area contributed by atoms with E-state index in [1.807, 2.05) is 13.2 Å². The fourth-order valence-corrected chi connectivity index (χ4v) is 3.58. The molecule has 152 valence electrons. The van der Waals surface area contributed by atoms with Crippen molar-refractivity contribution in [2.75, 3.05) is 27.2 Å². The van der Waals surface area contributed by atoms with Crippen molar-refractivity contribution < 1.29 is 4.74 Å². The highest BCUT2D eigenvalue weighted by Crippen LogP contribution is 2.36. The van der Waals surface area contributed by atoms with Crippen LogP contribution in [0.25, 0.3) is 6.08 Å². The molecule has 0 fully saturated rings. The van der Waals surface area contributed by atoms with Gasteiger partial charge in [0.15, 0.2) is 0 Å². The minimum atomic E-state index is -0.445. The first kappa shape index (κ1) is 22.9. The monoisotopic (exact) mass is 407 g/mol. The predicted molar refractivity (Wildman–Crippen MR) is 126 cm³/mol. The molecule has 29 heavy (non-hydrogen) atoms. The zero-order valence-electron chi connectivity index (χ0n) is 17.2. The first-order valence-corrected chi connectivity index (χ1v) is 9.81. The average molecular weight is 408 g/mol. The molecule has 0 atom stereocenters. The third-order valence-electron chi connectivity index (χ3n) is 5.20. The lowest BCUT2D eigenvalue weighted by atomic mass is 9.83. The predicted octanol–water partition coefficient (Wildman–Crippen LogP) is 6.03. The van der Waals surface area contributed by atoms with E-state index in [1.165, 1.54) is 16.7 Å². The molecule has 0 radical (unpaired) electrons. The van der Waals surface area contributed by atoms with Crippen LogP contribution in [0, 0.1) is 0 Å². The van der Waals surface area contributed by atoms with Gasteiger partial charge in [-0.1, -0.05) is 103 Å². The van der Waals surface area contributed by atoms with E-state index in [4.69, 9.17) is 4.74 Å². The Morgan fingerprint density at radius 3 is 1.76 bits per heavy atom. The van der Waals surface area contributed by atoms with Crippen LogP contribution in [0.2, 0.25) is 0 Å². The molecule has 0 saturated carbocycles. The quantitative estimate of drug-likeness (QED) is 0.429. The maximum Gasteiger partial charge on any atom is 0.119 e. The Labute approximate surface area is 181 Å². The molecular weight excluding hydrogens is 378 g/mol. The lowest BCUT2D eigenvalue weighted by Gasteiger charge is -2.35. The Kier molecular flexibility index (Phi) is 9.14. The van der Waals surface area contributed by atoms with Crippen molar-refractivity contribution in [2.24, 2.45) is 0 Å². The molecule has 0 aliphatic carbocycles. The molecule has 0 aliphatic rings. The molecule has 0 heterocycles. The fraction of sp³-hybridized carbons (Fsp3) is 0.231. The zero-order chi connectivity index (χ0) is 19.7. The van der Waals surface area contributed by atoms with Gasteiger partial charge < -0.3 is 9.64 Å². The Bertz CT molecular complexity index is 810. The van der Waals surface area contributed by atoms with Gasteiger partial charge in [-0.15, -0.1) is 12.4 Å². The normalized spacial score (nSPS) is 11.6. The number of methoxy groups -OCH3 is 1. The zero-order valence-corrected chi connectivity index (χ0v) is 18.0. The van der Waals surface area contributed by atoms with Gasteiger partial charge in [0.2, 0.25) is 0 Å². The van der Waals surface area contributed by atoms with E-state index in [0.717, 1.165) is 19.5 Å². The van der Waals surface area contributed by atoms with E-state index in [0.29, 0.717) is 0 Å². The summed E-state index contributed by atoms with van der Waals surface area (Å²) in [6.45, 7) is 1.83. The van der Waals surface area contributed by atoms with Gasteiger partial charge >= 0.3 is 0 Å². The summed E-state index contributed by atoms with van der Waals surface area (Å²) >= 11 is 0. The SMILES string of the molecule is COC(CCN(C)CC=Cc1ccccc1)(c1ccccc1)c1ccccc1.Cl. The van der Waals surface area contributed by atoms with Gasteiger partial charge in [0.1, 0.15) is 5.60 Å². The van der Waals surface area contributed by atoms with E-state index in [2.05, 4.69) is 109 Å². The summed E-state index contributed by atoms with van der Waals surface area (Å²) in [5.74, 6) is 0.